The molecule has 11 heteroatoms. The predicted molar refractivity (Wildman–Crippen MR) is 169 cm³/mol. The zero-order valence-corrected chi connectivity index (χ0v) is 25.3. The number of H-pyrrole nitrogens is 1. The maximum atomic E-state index is 14.7. The number of aromatic nitrogens is 3. The second-order valence-electron chi connectivity index (χ2n) is 10.9. The molecule has 232 valence electrons. The highest BCUT2D eigenvalue weighted by atomic mass is 35.5. The molecule has 0 spiro atoms. The number of nitrogens with zero attached hydrogens (tertiary/aromatic N) is 3. The van der Waals surface area contributed by atoms with Crippen LogP contribution in [0.25, 0.3) is 11.1 Å². The van der Waals surface area contributed by atoms with Gasteiger partial charge in [0, 0.05) is 60.0 Å². The summed E-state index contributed by atoms with van der Waals surface area (Å²) in [5.41, 5.74) is 5.77. The third-order valence-corrected chi connectivity index (χ3v) is 8.19. The SMILES string of the molecule is N#Cc1cncc(COc2cc(O[C@H]3CCc4c(-c5ccccc5F)cccc43)c(Cl)cc2CN[C@@H](Cc2cnc[nH]2)C(=O)O)c1. The van der Waals surface area contributed by atoms with E-state index in [4.69, 9.17) is 21.1 Å². The number of nitriles is 1. The van der Waals surface area contributed by atoms with E-state index < -0.39 is 12.0 Å². The summed E-state index contributed by atoms with van der Waals surface area (Å²) in [5, 5.41) is 22.5. The van der Waals surface area contributed by atoms with Crippen LogP contribution in [-0.4, -0.2) is 32.1 Å². The van der Waals surface area contributed by atoms with E-state index in [9.17, 15) is 19.6 Å². The molecule has 3 N–H and O–H groups in total. The average Bonchev–Trinajstić information content (AvgIpc) is 3.74. The summed E-state index contributed by atoms with van der Waals surface area (Å²) in [6.07, 6.45) is 7.42. The van der Waals surface area contributed by atoms with Crippen LogP contribution in [0.2, 0.25) is 5.02 Å². The monoisotopic (exact) mass is 637 g/mol. The first kappa shape index (κ1) is 30.8. The van der Waals surface area contributed by atoms with Crippen molar-refractivity contribution in [1.82, 2.24) is 20.3 Å². The Bertz CT molecular complexity index is 1910. The molecule has 3 aromatic carbocycles. The summed E-state index contributed by atoms with van der Waals surface area (Å²) in [7, 11) is 0. The van der Waals surface area contributed by atoms with E-state index in [-0.39, 0.29) is 31.5 Å². The predicted octanol–water partition coefficient (Wildman–Crippen LogP) is 6.57. The van der Waals surface area contributed by atoms with Gasteiger partial charge in [-0.25, -0.2) is 9.37 Å². The van der Waals surface area contributed by atoms with E-state index in [1.807, 2.05) is 24.3 Å². The zero-order valence-electron chi connectivity index (χ0n) is 24.5. The standard InChI is InChI=1S/C35H29ClFN5O4/c36-29-11-23(17-41-31(35(43)44)12-24-18-40-20-42-24)33(45-19-22-10-21(14-38)15-39-16-22)13-34(29)46-32-9-8-26-25(5-3-6-28(26)32)27-4-1-2-7-30(27)37/h1-7,10-11,13,15-16,18,20,31-32,41H,8-9,12,17,19H2,(H,40,42)(H,43,44)/t31-,32-/m0/s1. The van der Waals surface area contributed by atoms with Crippen molar-refractivity contribution in [3.05, 3.63) is 130 Å². The second kappa shape index (κ2) is 13.8. The number of pyridine rings is 1. The molecule has 2 aromatic heterocycles. The van der Waals surface area contributed by atoms with Crippen LogP contribution in [0.3, 0.4) is 0 Å². The van der Waals surface area contributed by atoms with Crippen molar-refractivity contribution in [2.24, 2.45) is 0 Å². The molecule has 0 bridgehead atoms. The first-order valence-corrected chi connectivity index (χ1v) is 15.0. The highest BCUT2D eigenvalue weighted by Gasteiger charge is 2.28. The number of rotatable bonds is 12. The van der Waals surface area contributed by atoms with Crippen molar-refractivity contribution in [3.63, 3.8) is 0 Å². The quantitative estimate of drug-likeness (QED) is 0.140. The summed E-state index contributed by atoms with van der Waals surface area (Å²) >= 11 is 6.77. The molecule has 0 aliphatic heterocycles. The fraction of sp³-hybridized carbons (Fsp3) is 0.200. The number of ether oxygens (including phenoxy) is 2. The van der Waals surface area contributed by atoms with Crippen LogP contribution < -0.4 is 14.8 Å². The molecule has 0 unspecified atom stereocenters. The lowest BCUT2D eigenvalue weighted by molar-refractivity contribution is -0.139. The van der Waals surface area contributed by atoms with Gasteiger partial charge in [0.1, 0.15) is 42.1 Å². The van der Waals surface area contributed by atoms with E-state index in [1.54, 1.807) is 42.7 Å². The van der Waals surface area contributed by atoms with Gasteiger partial charge < -0.3 is 19.6 Å². The molecule has 46 heavy (non-hydrogen) atoms. The third-order valence-electron chi connectivity index (χ3n) is 7.90. The van der Waals surface area contributed by atoms with Gasteiger partial charge in [-0.3, -0.25) is 15.1 Å². The van der Waals surface area contributed by atoms with Crippen molar-refractivity contribution >= 4 is 17.6 Å². The fourth-order valence-corrected chi connectivity index (χ4v) is 5.88. The van der Waals surface area contributed by atoms with Crippen LogP contribution in [-0.2, 0) is 30.8 Å². The lowest BCUT2D eigenvalue weighted by atomic mass is 9.96. The summed E-state index contributed by atoms with van der Waals surface area (Å²) < 4.78 is 27.4. The van der Waals surface area contributed by atoms with Crippen molar-refractivity contribution in [3.8, 4) is 28.7 Å². The van der Waals surface area contributed by atoms with Gasteiger partial charge in [-0.15, -0.1) is 0 Å². The number of benzene rings is 3. The maximum absolute atomic E-state index is 14.7. The number of fused-ring (bicyclic) bond motifs is 1. The molecule has 1 aliphatic rings. The van der Waals surface area contributed by atoms with E-state index in [0.717, 1.165) is 16.7 Å². The molecule has 0 saturated heterocycles. The van der Waals surface area contributed by atoms with Gasteiger partial charge in [0.25, 0.3) is 0 Å². The molecule has 9 nitrogen and oxygen atoms in total. The van der Waals surface area contributed by atoms with Crippen molar-refractivity contribution < 1.29 is 23.8 Å². The number of aliphatic carboxylic acids is 1. The zero-order chi connectivity index (χ0) is 32.0. The van der Waals surface area contributed by atoms with Crippen molar-refractivity contribution in [1.29, 1.82) is 5.26 Å². The summed E-state index contributed by atoms with van der Waals surface area (Å²) in [6, 6.07) is 18.8. The Labute approximate surface area is 269 Å². The number of hydrogen-bond acceptors (Lipinski definition) is 7. The highest BCUT2D eigenvalue weighted by molar-refractivity contribution is 6.32. The normalized spacial score (nSPS) is 14.3. The minimum atomic E-state index is -1.02. The van der Waals surface area contributed by atoms with Crippen LogP contribution in [0.4, 0.5) is 4.39 Å². The van der Waals surface area contributed by atoms with Crippen LogP contribution in [0, 0.1) is 17.1 Å². The number of carboxylic acid groups (broad SMARTS) is 1. The number of nitrogens with one attached hydrogen (secondary N) is 2. The molecule has 6 rings (SSSR count). The third kappa shape index (κ3) is 6.86. The van der Waals surface area contributed by atoms with E-state index in [1.165, 1.54) is 18.6 Å². The highest BCUT2D eigenvalue weighted by Crippen LogP contribution is 2.43. The Morgan fingerprint density at radius 1 is 1.11 bits per heavy atom. The number of hydrogen-bond donors (Lipinski definition) is 3. The Morgan fingerprint density at radius 3 is 2.74 bits per heavy atom. The first-order chi connectivity index (χ1) is 22.4. The van der Waals surface area contributed by atoms with Crippen molar-refractivity contribution in [2.45, 2.75) is 44.6 Å². The Kier molecular flexibility index (Phi) is 9.24. The molecule has 2 atom stereocenters. The van der Waals surface area contributed by atoms with Crippen LogP contribution in [0.1, 0.15) is 46.0 Å². The molecule has 2 heterocycles. The molecule has 0 fully saturated rings. The van der Waals surface area contributed by atoms with Crippen LogP contribution >= 0.6 is 11.6 Å². The van der Waals surface area contributed by atoms with Crippen LogP contribution in [0.5, 0.6) is 11.5 Å². The van der Waals surface area contributed by atoms with Gasteiger partial charge in [0.2, 0.25) is 0 Å². The smallest absolute Gasteiger partial charge is 0.321 e. The molecular formula is C35H29ClFN5O4. The molecule has 0 saturated carbocycles. The fourth-order valence-electron chi connectivity index (χ4n) is 5.65. The minimum Gasteiger partial charge on any atom is -0.488 e. The summed E-state index contributed by atoms with van der Waals surface area (Å²) in [5.74, 6) is -0.472. The van der Waals surface area contributed by atoms with Crippen molar-refractivity contribution in [2.75, 3.05) is 0 Å². The molecule has 5 aromatic rings. The average molecular weight is 638 g/mol. The molecule has 0 radical (unpaired) electrons. The first-order valence-electron chi connectivity index (χ1n) is 14.7. The van der Waals surface area contributed by atoms with Gasteiger partial charge >= 0.3 is 5.97 Å². The number of halogens is 2. The van der Waals surface area contributed by atoms with Gasteiger partial charge in [0.05, 0.1) is 16.9 Å². The molecule has 1 aliphatic carbocycles. The van der Waals surface area contributed by atoms with E-state index >= 15 is 0 Å². The lowest BCUT2D eigenvalue weighted by Gasteiger charge is -2.21. The molecule has 0 amide bonds. The van der Waals surface area contributed by atoms with Gasteiger partial charge in [-0.2, -0.15) is 5.26 Å². The number of carbonyl (C=O) groups is 1. The molecular weight excluding hydrogens is 609 g/mol. The second-order valence-corrected chi connectivity index (χ2v) is 11.3. The Balaban J connectivity index is 1.27. The summed E-state index contributed by atoms with van der Waals surface area (Å²) in [6.45, 7) is 0.237. The maximum Gasteiger partial charge on any atom is 0.321 e. The number of aromatic amines is 1. The van der Waals surface area contributed by atoms with Gasteiger partial charge in [-0.1, -0.05) is 48.0 Å². The summed E-state index contributed by atoms with van der Waals surface area (Å²) in [4.78, 5) is 23.0. The topological polar surface area (TPSA) is 133 Å². The number of imidazole rings is 1. The largest absolute Gasteiger partial charge is 0.488 e. The number of carboxylic acids is 1. The lowest BCUT2D eigenvalue weighted by Crippen LogP contribution is -2.38. The van der Waals surface area contributed by atoms with Crippen LogP contribution in [0.15, 0.2) is 85.6 Å². The van der Waals surface area contributed by atoms with Gasteiger partial charge in [0.15, 0.2) is 0 Å². The minimum absolute atomic E-state index is 0.103. The van der Waals surface area contributed by atoms with Gasteiger partial charge in [-0.05, 0) is 47.7 Å². The van der Waals surface area contributed by atoms with E-state index in [2.05, 4.69) is 26.3 Å². The van der Waals surface area contributed by atoms with E-state index in [0.29, 0.717) is 57.3 Å². The Hall–Kier alpha value is -5.24. The Morgan fingerprint density at radius 2 is 1.96 bits per heavy atom.